The highest BCUT2D eigenvalue weighted by molar-refractivity contribution is 7.46. The number of rotatable bonds is 2. The molecule has 0 atom stereocenters. The molecule has 0 aliphatic heterocycles. The number of pyridine rings is 1. The third-order valence-electron chi connectivity index (χ3n) is 0.889. The van der Waals surface area contributed by atoms with Gasteiger partial charge in [-0.2, -0.15) is 4.62 Å². The molecule has 0 bridgehead atoms. The lowest BCUT2D eigenvalue weighted by molar-refractivity contribution is -0.861. The molecule has 0 unspecified atom stereocenters. The van der Waals surface area contributed by atoms with Crippen LogP contribution in [0, 0.1) is 0 Å². The number of phosphoric acid groups is 1. The Bertz CT molecular complexity index is 269. The highest BCUT2D eigenvalue weighted by Gasteiger charge is 2.21. The quantitative estimate of drug-likeness (QED) is 0.470. The molecular weight excluding hydrogens is 169 g/mol. The minimum Gasteiger partial charge on any atom is -0.290 e. The fraction of sp³-hybridized carbons (Fsp3) is 0. The Morgan fingerprint density at radius 3 is 2.18 bits per heavy atom. The van der Waals surface area contributed by atoms with E-state index >= 15 is 0 Å². The Morgan fingerprint density at radius 2 is 1.73 bits per heavy atom. The zero-order valence-electron chi connectivity index (χ0n) is 5.49. The Kier molecular flexibility index (Phi) is 2.24. The van der Waals surface area contributed by atoms with E-state index in [1.54, 1.807) is 18.2 Å². The summed E-state index contributed by atoms with van der Waals surface area (Å²) in [6.07, 6.45) is 2.78. The predicted octanol–water partition coefficient (Wildman–Crippen LogP) is -0.505. The Hall–Kier alpha value is -0.900. The van der Waals surface area contributed by atoms with Gasteiger partial charge in [0.15, 0.2) is 0 Å². The summed E-state index contributed by atoms with van der Waals surface area (Å²) in [4.78, 5) is 16.7. The minimum atomic E-state index is -4.42. The maximum Gasteiger partial charge on any atom is 0.581 e. The molecule has 0 fully saturated rings. The van der Waals surface area contributed by atoms with Gasteiger partial charge in [0.1, 0.15) is 0 Å². The number of aromatic nitrogens is 1. The maximum atomic E-state index is 10.3. The van der Waals surface area contributed by atoms with Crippen LogP contribution in [0.1, 0.15) is 0 Å². The highest BCUT2D eigenvalue weighted by Crippen LogP contribution is 2.28. The van der Waals surface area contributed by atoms with Crippen LogP contribution in [0.5, 0.6) is 0 Å². The van der Waals surface area contributed by atoms with Crippen LogP contribution < -0.4 is 9.35 Å². The largest absolute Gasteiger partial charge is 0.581 e. The molecule has 60 valence electrons. The predicted molar refractivity (Wildman–Crippen MR) is 35.3 cm³/mol. The lowest BCUT2D eigenvalue weighted by Gasteiger charge is -1.96. The molecule has 11 heavy (non-hydrogen) atoms. The van der Waals surface area contributed by atoms with Crippen molar-refractivity contribution in [2.45, 2.75) is 0 Å². The molecular formula is C5H7NO4P+. The highest BCUT2D eigenvalue weighted by atomic mass is 31.2. The summed E-state index contributed by atoms with van der Waals surface area (Å²) in [6.45, 7) is 0. The first-order chi connectivity index (χ1) is 5.08. The van der Waals surface area contributed by atoms with E-state index in [-0.39, 0.29) is 0 Å². The smallest absolute Gasteiger partial charge is 0.290 e. The number of nitrogens with zero attached hydrogens (tertiary/aromatic N) is 1. The second-order valence-electron chi connectivity index (χ2n) is 1.81. The van der Waals surface area contributed by atoms with E-state index in [2.05, 4.69) is 4.62 Å². The second kappa shape index (κ2) is 3.00. The maximum absolute atomic E-state index is 10.3. The average molecular weight is 176 g/mol. The molecule has 0 aliphatic carbocycles. The van der Waals surface area contributed by atoms with Crippen molar-refractivity contribution in [1.29, 1.82) is 0 Å². The molecule has 0 aliphatic rings. The third kappa shape index (κ3) is 3.13. The van der Waals surface area contributed by atoms with Crippen molar-refractivity contribution in [2.75, 3.05) is 0 Å². The zero-order chi connectivity index (χ0) is 8.32. The van der Waals surface area contributed by atoms with Crippen LogP contribution in [0.2, 0.25) is 0 Å². The van der Waals surface area contributed by atoms with Gasteiger partial charge in [-0.1, -0.05) is 6.07 Å². The third-order valence-corrected chi connectivity index (χ3v) is 1.29. The van der Waals surface area contributed by atoms with Crippen LogP contribution in [-0.2, 0) is 4.57 Å². The van der Waals surface area contributed by atoms with Crippen molar-refractivity contribution in [3.63, 3.8) is 0 Å². The molecule has 1 aromatic heterocycles. The molecule has 1 heterocycles. The van der Waals surface area contributed by atoms with E-state index in [4.69, 9.17) is 9.79 Å². The summed E-state index contributed by atoms with van der Waals surface area (Å²) in [6, 6.07) is 4.89. The van der Waals surface area contributed by atoms with Crippen molar-refractivity contribution >= 4 is 7.82 Å². The lowest BCUT2D eigenvalue weighted by atomic mass is 10.5. The van der Waals surface area contributed by atoms with Gasteiger partial charge < -0.3 is 0 Å². The summed E-state index contributed by atoms with van der Waals surface area (Å²) in [5.41, 5.74) is 0. The van der Waals surface area contributed by atoms with E-state index < -0.39 is 7.82 Å². The van der Waals surface area contributed by atoms with Crippen LogP contribution in [0.25, 0.3) is 0 Å². The van der Waals surface area contributed by atoms with Crippen molar-refractivity contribution < 1.29 is 23.7 Å². The molecule has 0 saturated carbocycles. The molecule has 6 heteroatoms. The SMILES string of the molecule is O=P(O)(O)O[n+]1ccccc1. The van der Waals surface area contributed by atoms with Gasteiger partial charge in [0.2, 0.25) is 12.4 Å². The van der Waals surface area contributed by atoms with Crippen molar-refractivity contribution in [1.82, 2.24) is 0 Å². The molecule has 0 saturated heterocycles. The second-order valence-corrected chi connectivity index (χ2v) is 2.95. The van der Waals surface area contributed by atoms with Crippen LogP contribution in [0.15, 0.2) is 30.6 Å². The molecule has 1 rings (SSSR count). The molecule has 2 N–H and O–H groups in total. The molecule has 0 radical (unpaired) electrons. The van der Waals surface area contributed by atoms with Crippen molar-refractivity contribution in [3.05, 3.63) is 30.6 Å². The summed E-state index contributed by atoms with van der Waals surface area (Å²) in [5, 5.41) is 0. The van der Waals surface area contributed by atoms with E-state index in [1.165, 1.54) is 12.4 Å². The Morgan fingerprint density at radius 1 is 1.18 bits per heavy atom. The zero-order valence-corrected chi connectivity index (χ0v) is 6.39. The molecule has 1 aromatic rings. The van der Waals surface area contributed by atoms with E-state index in [1.807, 2.05) is 0 Å². The molecule has 0 amide bonds. The van der Waals surface area contributed by atoms with Gasteiger partial charge in [0.25, 0.3) is 0 Å². The topological polar surface area (TPSA) is 70.6 Å². The summed E-state index contributed by atoms with van der Waals surface area (Å²) < 4.78 is 15.4. The summed E-state index contributed by atoms with van der Waals surface area (Å²) in [5.74, 6) is 0. The first-order valence-corrected chi connectivity index (χ1v) is 4.33. The van der Waals surface area contributed by atoms with Crippen LogP contribution in [0.3, 0.4) is 0 Å². The fourth-order valence-corrected chi connectivity index (χ4v) is 0.915. The van der Waals surface area contributed by atoms with E-state index in [0.29, 0.717) is 0 Å². The normalized spacial score (nSPS) is 11.1. The van der Waals surface area contributed by atoms with Gasteiger partial charge in [0.05, 0.1) is 0 Å². The first-order valence-electron chi connectivity index (χ1n) is 2.80. The van der Waals surface area contributed by atoms with Gasteiger partial charge in [-0.15, -0.1) is 0 Å². The number of hydrogen-bond donors (Lipinski definition) is 2. The molecule has 0 spiro atoms. The van der Waals surface area contributed by atoms with E-state index in [0.717, 1.165) is 4.73 Å². The van der Waals surface area contributed by atoms with Crippen molar-refractivity contribution in [2.24, 2.45) is 0 Å². The summed E-state index contributed by atoms with van der Waals surface area (Å²) in [7, 11) is -4.42. The van der Waals surface area contributed by atoms with Gasteiger partial charge >= 0.3 is 7.82 Å². The molecule has 5 nitrogen and oxygen atoms in total. The monoisotopic (exact) mass is 176 g/mol. The summed E-state index contributed by atoms with van der Waals surface area (Å²) >= 11 is 0. The Labute approximate surface area is 63.1 Å². The van der Waals surface area contributed by atoms with Gasteiger partial charge in [0, 0.05) is 16.9 Å². The van der Waals surface area contributed by atoms with Crippen LogP contribution in [0.4, 0.5) is 0 Å². The average Bonchev–Trinajstić information content (AvgIpc) is 1.85. The minimum absolute atomic E-state index is 0.945. The first kappa shape index (κ1) is 8.20. The van der Waals surface area contributed by atoms with Gasteiger partial charge in [-0.05, 0) is 0 Å². The number of hydrogen-bond acceptors (Lipinski definition) is 2. The van der Waals surface area contributed by atoms with Crippen LogP contribution in [-0.4, -0.2) is 9.79 Å². The standard InChI is InChI=1S/C5H6NO4P/c7-11(8,9)10-6-4-2-1-3-5-6/h1-5H,(H-,7,8,9)/p+1. The lowest BCUT2D eigenvalue weighted by Crippen LogP contribution is -2.39. The fourth-order valence-electron chi connectivity index (χ4n) is 0.560. The van der Waals surface area contributed by atoms with Crippen molar-refractivity contribution in [3.8, 4) is 0 Å². The molecule has 0 aromatic carbocycles. The Balaban J connectivity index is 2.74. The van der Waals surface area contributed by atoms with Gasteiger partial charge in [-0.25, -0.2) is 4.57 Å². The van der Waals surface area contributed by atoms with Crippen LogP contribution >= 0.6 is 7.82 Å². The van der Waals surface area contributed by atoms with Gasteiger partial charge in [-0.3, -0.25) is 9.79 Å². The van der Waals surface area contributed by atoms with E-state index in [9.17, 15) is 4.57 Å².